The molecule has 3 N–H and O–H groups in total. The van der Waals surface area contributed by atoms with E-state index in [9.17, 15) is 43.2 Å². The van der Waals surface area contributed by atoms with Crippen LogP contribution in [-0.2, 0) is 65.4 Å². The van der Waals surface area contributed by atoms with Crippen LogP contribution in [-0.4, -0.2) is 96.7 Å². The molecule has 0 saturated carbocycles. The van der Waals surface area contributed by atoms with E-state index >= 15 is 0 Å². The van der Waals surface area contributed by atoms with Gasteiger partial charge < -0.3 is 33.8 Å². The van der Waals surface area contributed by atoms with Crippen LogP contribution in [0.5, 0.6) is 0 Å². The number of hydrogen-bond donors (Lipinski definition) is 3. The van der Waals surface area contributed by atoms with Crippen molar-refractivity contribution in [1.29, 1.82) is 0 Å². The van der Waals surface area contributed by atoms with Crippen LogP contribution in [0.2, 0.25) is 0 Å². The fourth-order valence-electron chi connectivity index (χ4n) is 3.44. The molecule has 0 heterocycles. The summed E-state index contributed by atoms with van der Waals surface area (Å²) >= 11 is 0. The van der Waals surface area contributed by atoms with Crippen molar-refractivity contribution in [2.75, 3.05) is 39.6 Å². The van der Waals surface area contributed by atoms with Gasteiger partial charge in [0.2, 0.25) is 0 Å². The van der Waals surface area contributed by atoms with Crippen LogP contribution < -0.4 is 0 Å². The van der Waals surface area contributed by atoms with E-state index in [4.69, 9.17) is 37.0 Å². The average Bonchev–Trinajstić information content (AvgIpc) is 3.03. The zero-order valence-electron chi connectivity index (χ0n) is 28.4. The molecule has 0 radical (unpaired) electrons. The van der Waals surface area contributed by atoms with Crippen molar-refractivity contribution in [1.82, 2.24) is 0 Å². The predicted molar refractivity (Wildman–Crippen MR) is 169 cm³/mol. The third-order valence-corrected chi connectivity index (χ3v) is 7.97. The largest absolute Gasteiger partial charge is 0.472 e. The summed E-state index contributed by atoms with van der Waals surface area (Å²) in [5.74, 6) is -2.34. The fraction of sp³-hybridized carbons (Fsp3) is 0.862. The number of ether oxygens (including phenoxy) is 4. The van der Waals surface area contributed by atoms with Crippen molar-refractivity contribution >= 4 is 39.5 Å². The first kappa shape index (κ1) is 46.1. The summed E-state index contributed by atoms with van der Waals surface area (Å²) in [7, 11) is -9.73. The minimum atomic E-state index is -4.87. The number of unbranched alkanes of at least 4 members (excludes halogenated alkanes) is 4. The van der Waals surface area contributed by atoms with Gasteiger partial charge in [-0.2, -0.15) is 0 Å². The normalized spacial score (nSPS) is 15.7. The molecule has 2 unspecified atom stereocenters. The van der Waals surface area contributed by atoms with E-state index in [0.29, 0.717) is 25.7 Å². The van der Waals surface area contributed by atoms with E-state index in [0.717, 1.165) is 25.7 Å². The Kier molecular flexibility index (Phi) is 25.8. The topological polar surface area (TPSA) is 237 Å². The zero-order valence-corrected chi connectivity index (χ0v) is 30.2. The highest BCUT2D eigenvalue weighted by atomic mass is 31.2. The first-order valence-corrected chi connectivity index (χ1v) is 19.3. The molecule has 5 atom stereocenters. The first-order chi connectivity index (χ1) is 22.7. The van der Waals surface area contributed by atoms with Gasteiger partial charge >= 0.3 is 39.5 Å². The Hall–Kier alpha value is -1.94. The van der Waals surface area contributed by atoms with Gasteiger partial charge in [0.1, 0.15) is 19.3 Å². The van der Waals surface area contributed by atoms with Gasteiger partial charge in [0.25, 0.3) is 0 Å². The summed E-state index contributed by atoms with van der Waals surface area (Å²) in [4.78, 5) is 67.8. The number of carbonyl (C=O) groups is 4. The fourth-order valence-corrected chi connectivity index (χ4v) is 5.02. The molecule has 0 aliphatic heterocycles. The van der Waals surface area contributed by atoms with E-state index in [2.05, 4.69) is 0 Å². The maximum absolute atomic E-state index is 12.4. The smallest absolute Gasteiger partial charge is 0.462 e. The molecule has 0 aliphatic carbocycles. The highest BCUT2D eigenvalue weighted by Gasteiger charge is 2.30. The summed E-state index contributed by atoms with van der Waals surface area (Å²) < 4.78 is 64.3. The number of aliphatic hydroxyl groups excluding tert-OH is 1. The van der Waals surface area contributed by atoms with Crippen molar-refractivity contribution in [2.45, 2.75) is 123 Å². The molecular formula is C29H54O17P2. The average molecular weight is 737 g/mol. The van der Waals surface area contributed by atoms with Gasteiger partial charge in [-0.1, -0.05) is 53.4 Å². The molecule has 0 aliphatic rings. The Morgan fingerprint density at radius 1 is 0.500 bits per heavy atom. The van der Waals surface area contributed by atoms with E-state index in [1.54, 1.807) is 6.92 Å². The molecule has 0 rings (SSSR count). The predicted octanol–water partition coefficient (Wildman–Crippen LogP) is 4.29. The van der Waals surface area contributed by atoms with Crippen molar-refractivity contribution in [2.24, 2.45) is 0 Å². The van der Waals surface area contributed by atoms with Gasteiger partial charge in [0.15, 0.2) is 12.2 Å². The second kappa shape index (κ2) is 26.9. The molecule has 0 bridgehead atoms. The standard InChI is InChI=1S/C29H54O17P2/c1-5-9-12-16-29(34)46-25(20-40-27(32)15-11-7-3)22-44-48(37,38)42-18-23(30)17-41-47(35,36)43-21-24(45-28(33)13-8-4)19-39-26(31)14-10-6-2/h23-25,30H,5-22H2,1-4H3,(H,35,36)(H,37,38)/t23-,24+,25-/m1/s1. The van der Waals surface area contributed by atoms with Gasteiger partial charge in [-0.25, -0.2) is 9.13 Å². The molecule has 0 aromatic carbocycles. The maximum Gasteiger partial charge on any atom is 0.472 e. The van der Waals surface area contributed by atoms with Gasteiger partial charge in [0, 0.05) is 25.7 Å². The van der Waals surface area contributed by atoms with Crippen LogP contribution >= 0.6 is 15.6 Å². The van der Waals surface area contributed by atoms with E-state index in [-0.39, 0.29) is 25.7 Å². The second-order valence-corrected chi connectivity index (χ2v) is 13.7. The highest BCUT2D eigenvalue weighted by Crippen LogP contribution is 2.45. The molecule has 282 valence electrons. The van der Waals surface area contributed by atoms with Crippen molar-refractivity contribution in [3.63, 3.8) is 0 Å². The maximum atomic E-state index is 12.4. The Balaban J connectivity index is 4.92. The zero-order chi connectivity index (χ0) is 36.4. The van der Waals surface area contributed by atoms with E-state index in [1.807, 2.05) is 20.8 Å². The lowest BCUT2D eigenvalue weighted by molar-refractivity contribution is -0.161. The lowest BCUT2D eigenvalue weighted by atomic mass is 10.2. The monoisotopic (exact) mass is 736 g/mol. The van der Waals surface area contributed by atoms with Crippen LogP contribution in [0.3, 0.4) is 0 Å². The molecule has 0 aromatic rings. The van der Waals surface area contributed by atoms with Gasteiger partial charge in [0.05, 0.1) is 26.4 Å². The molecule has 0 saturated heterocycles. The quantitative estimate of drug-likeness (QED) is 0.0403. The Morgan fingerprint density at radius 2 is 0.875 bits per heavy atom. The Bertz CT molecular complexity index is 1020. The Labute approximate surface area is 282 Å². The van der Waals surface area contributed by atoms with E-state index < -0.39 is 97.5 Å². The van der Waals surface area contributed by atoms with Crippen molar-refractivity contribution < 1.29 is 80.2 Å². The first-order valence-electron chi connectivity index (χ1n) is 16.3. The number of carbonyl (C=O) groups excluding carboxylic acids is 4. The van der Waals surface area contributed by atoms with Crippen LogP contribution in [0.25, 0.3) is 0 Å². The molecule has 0 spiro atoms. The number of rotatable bonds is 30. The van der Waals surface area contributed by atoms with E-state index in [1.165, 1.54) is 0 Å². The van der Waals surface area contributed by atoms with Crippen molar-refractivity contribution in [3.05, 3.63) is 0 Å². The molecule has 0 amide bonds. The SMILES string of the molecule is CCCCCC(=O)O[C@H](COC(=O)CCCC)COP(=O)(O)OC[C@H](O)COP(=O)(O)OC[C@H](COC(=O)CCCC)OC(=O)CCC. The third kappa shape index (κ3) is 26.0. The molecule has 0 fully saturated rings. The molecule has 0 aromatic heterocycles. The number of phosphoric ester groups is 2. The molecule has 19 heteroatoms. The minimum Gasteiger partial charge on any atom is -0.462 e. The summed E-state index contributed by atoms with van der Waals surface area (Å²) in [6.45, 7) is 3.46. The van der Waals surface area contributed by atoms with Gasteiger partial charge in [-0.15, -0.1) is 0 Å². The van der Waals surface area contributed by atoms with Crippen LogP contribution in [0.1, 0.15) is 105 Å². The molecule has 17 nitrogen and oxygen atoms in total. The van der Waals surface area contributed by atoms with Gasteiger partial charge in [-0.3, -0.25) is 37.3 Å². The summed E-state index contributed by atoms with van der Waals surface area (Å²) in [6, 6.07) is 0. The third-order valence-electron chi connectivity index (χ3n) is 6.07. The lowest BCUT2D eigenvalue weighted by Gasteiger charge is -2.21. The minimum absolute atomic E-state index is 0.0511. The number of phosphoric acid groups is 2. The summed E-state index contributed by atoms with van der Waals surface area (Å²) in [5, 5.41) is 10.1. The summed E-state index contributed by atoms with van der Waals surface area (Å²) in [6.07, 6.45) is 1.65. The number of hydrogen-bond acceptors (Lipinski definition) is 15. The van der Waals surface area contributed by atoms with Crippen LogP contribution in [0.15, 0.2) is 0 Å². The Morgan fingerprint density at radius 3 is 1.27 bits per heavy atom. The van der Waals surface area contributed by atoms with Gasteiger partial charge in [-0.05, 0) is 25.7 Å². The lowest BCUT2D eigenvalue weighted by Crippen LogP contribution is -2.30. The number of aliphatic hydroxyl groups is 1. The molecule has 48 heavy (non-hydrogen) atoms. The van der Waals surface area contributed by atoms with Crippen LogP contribution in [0, 0.1) is 0 Å². The van der Waals surface area contributed by atoms with Crippen molar-refractivity contribution in [3.8, 4) is 0 Å². The highest BCUT2D eigenvalue weighted by molar-refractivity contribution is 7.47. The summed E-state index contributed by atoms with van der Waals surface area (Å²) in [5.41, 5.74) is 0. The van der Waals surface area contributed by atoms with Crippen LogP contribution in [0.4, 0.5) is 0 Å². The molecular weight excluding hydrogens is 682 g/mol. The second-order valence-electron chi connectivity index (χ2n) is 10.8. The number of esters is 4.